The molecule has 18 heavy (non-hydrogen) atoms. The van der Waals surface area contributed by atoms with Crippen LogP contribution in [0.4, 0.5) is 0 Å². The highest BCUT2D eigenvalue weighted by Crippen LogP contribution is 2.19. The molecule has 1 unspecified atom stereocenters. The Morgan fingerprint density at radius 1 is 1.28 bits per heavy atom. The van der Waals surface area contributed by atoms with Crippen molar-refractivity contribution in [2.45, 2.75) is 19.4 Å². The molecule has 0 saturated carbocycles. The van der Waals surface area contributed by atoms with Crippen molar-refractivity contribution in [3.05, 3.63) is 58.3 Å². The van der Waals surface area contributed by atoms with Crippen LogP contribution >= 0.6 is 15.9 Å². The maximum atomic E-state index is 3.95. The third-order valence-corrected chi connectivity index (χ3v) is 3.28. The molecule has 1 aromatic carbocycles. The van der Waals surface area contributed by atoms with Crippen molar-refractivity contribution in [2.24, 2.45) is 0 Å². The lowest BCUT2D eigenvalue weighted by atomic mass is 10.0. The molecule has 0 radical (unpaired) electrons. The molecular formula is C14H16BrN3. The van der Waals surface area contributed by atoms with Crippen LogP contribution in [0.15, 0.2) is 47.2 Å². The molecule has 2 rings (SSSR count). The lowest BCUT2D eigenvalue weighted by molar-refractivity contribution is 0.546. The third-order valence-electron chi connectivity index (χ3n) is 2.79. The highest BCUT2D eigenvalue weighted by molar-refractivity contribution is 9.10. The minimum absolute atomic E-state index is 0.278. The van der Waals surface area contributed by atoms with Gasteiger partial charge in [-0.15, -0.1) is 0 Å². The number of aromatic nitrogens is 2. The second-order valence-electron chi connectivity index (χ2n) is 4.12. The van der Waals surface area contributed by atoms with E-state index in [0.29, 0.717) is 0 Å². The van der Waals surface area contributed by atoms with E-state index >= 15 is 0 Å². The van der Waals surface area contributed by atoms with E-state index in [0.717, 1.165) is 17.4 Å². The lowest BCUT2D eigenvalue weighted by Gasteiger charge is -2.18. The summed E-state index contributed by atoms with van der Waals surface area (Å²) in [5, 5.41) is 11.3. The molecule has 1 heterocycles. The molecule has 2 aromatic rings. The molecule has 0 aliphatic carbocycles. The van der Waals surface area contributed by atoms with Crippen molar-refractivity contribution >= 4 is 15.9 Å². The second-order valence-corrected chi connectivity index (χ2v) is 5.04. The fourth-order valence-electron chi connectivity index (χ4n) is 1.96. The molecule has 0 fully saturated rings. The molecule has 1 atom stereocenters. The number of hydrogen-bond donors (Lipinski definition) is 1. The van der Waals surface area contributed by atoms with Gasteiger partial charge in [-0.3, -0.25) is 0 Å². The van der Waals surface area contributed by atoms with Crippen LogP contribution in [0.1, 0.15) is 24.1 Å². The number of halogens is 1. The number of hydrogen-bond acceptors (Lipinski definition) is 3. The molecule has 0 amide bonds. The standard InChI is InChI=1S/C14H16BrN3/c1-2-16-14(12-6-7-17-18-10-12)9-11-4-3-5-13(15)8-11/h3-8,10,14,16H,2,9H2,1H3. The normalized spacial score (nSPS) is 12.3. The van der Waals surface area contributed by atoms with Gasteiger partial charge in [-0.05, 0) is 42.3 Å². The summed E-state index contributed by atoms with van der Waals surface area (Å²) in [7, 11) is 0. The van der Waals surface area contributed by atoms with Gasteiger partial charge in [-0.1, -0.05) is 35.0 Å². The highest BCUT2D eigenvalue weighted by Gasteiger charge is 2.11. The van der Waals surface area contributed by atoms with Crippen molar-refractivity contribution in [3.8, 4) is 0 Å². The van der Waals surface area contributed by atoms with Gasteiger partial charge >= 0.3 is 0 Å². The van der Waals surface area contributed by atoms with E-state index in [1.54, 1.807) is 6.20 Å². The highest BCUT2D eigenvalue weighted by atomic mass is 79.9. The van der Waals surface area contributed by atoms with Gasteiger partial charge in [-0.2, -0.15) is 10.2 Å². The van der Waals surface area contributed by atoms with Crippen molar-refractivity contribution in [1.29, 1.82) is 0 Å². The maximum absolute atomic E-state index is 3.95. The fraction of sp³-hybridized carbons (Fsp3) is 0.286. The van der Waals surface area contributed by atoms with Crippen molar-refractivity contribution < 1.29 is 0 Å². The van der Waals surface area contributed by atoms with Gasteiger partial charge in [0.15, 0.2) is 0 Å². The van der Waals surface area contributed by atoms with E-state index < -0.39 is 0 Å². The fourth-order valence-corrected chi connectivity index (χ4v) is 2.41. The second kappa shape index (κ2) is 6.61. The van der Waals surface area contributed by atoms with Gasteiger partial charge < -0.3 is 5.32 Å². The van der Waals surface area contributed by atoms with Gasteiger partial charge in [0.25, 0.3) is 0 Å². The first-order chi connectivity index (χ1) is 8.79. The van der Waals surface area contributed by atoms with Crippen LogP contribution in [0.5, 0.6) is 0 Å². The topological polar surface area (TPSA) is 37.8 Å². The summed E-state index contributed by atoms with van der Waals surface area (Å²) in [4.78, 5) is 0. The number of nitrogens with one attached hydrogen (secondary N) is 1. The zero-order chi connectivity index (χ0) is 12.8. The molecule has 0 aliphatic rings. The minimum atomic E-state index is 0.278. The van der Waals surface area contributed by atoms with Gasteiger partial charge in [0.2, 0.25) is 0 Å². The maximum Gasteiger partial charge on any atom is 0.0544 e. The Bertz CT molecular complexity index is 487. The third kappa shape index (κ3) is 3.62. The quantitative estimate of drug-likeness (QED) is 0.922. The summed E-state index contributed by atoms with van der Waals surface area (Å²) in [6.07, 6.45) is 4.50. The summed E-state index contributed by atoms with van der Waals surface area (Å²) >= 11 is 3.50. The number of nitrogens with zero attached hydrogens (tertiary/aromatic N) is 2. The van der Waals surface area contributed by atoms with E-state index in [1.807, 2.05) is 18.3 Å². The molecule has 94 valence electrons. The Balaban J connectivity index is 2.16. The summed E-state index contributed by atoms with van der Waals surface area (Å²) < 4.78 is 1.11. The molecule has 0 saturated heterocycles. The monoisotopic (exact) mass is 305 g/mol. The zero-order valence-corrected chi connectivity index (χ0v) is 11.9. The molecule has 1 aromatic heterocycles. The number of rotatable bonds is 5. The van der Waals surface area contributed by atoms with Gasteiger partial charge in [-0.25, -0.2) is 0 Å². The summed E-state index contributed by atoms with van der Waals surface area (Å²) in [6, 6.07) is 10.7. The molecule has 0 aliphatic heterocycles. The molecule has 0 spiro atoms. The van der Waals surface area contributed by atoms with E-state index in [9.17, 15) is 0 Å². The minimum Gasteiger partial charge on any atom is -0.310 e. The van der Waals surface area contributed by atoms with Crippen molar-refractivity contribution in [2.75, 3.05) is 6.54 Å². The predicted molar refractivity (Wildman–Crippen MR) is 76.3 cm³/mol. The molecule has 1 N–H and O–H groups in total. The van der Waals surface area contributed by atoms with Gasteiger partial charge in [0.05, 0.1) is 6.20 Å². The van der Waals surface area contributed by atoms with Crippen LogP contribution in [0.3, 0.4) is 0 Å². The van der Waals surface area contributed by atoms with Crippen molar-refractivity contribution in [3.63, 3.8) is 0 Å². The van der Waals surface area contributed by atoms with Crippen LogP contribution in [-0.4, -0.2) is 16.7 Å². The first-order valence-electron chi connectivity index (χ1n) is 6.04. The molecule has 0 bridgehead atoms. The van der Waals surface area contributed by atoms with E-state index in [-0.39, 0.29) is 6.04 Å². The Morgan fingerprint density at radius 2 is 2.17 bits per heavy atom. The van der Waals surface area contributed by atoms with Crippen LogP contribution < -0.4 is 5.32 Å². The summed E-state index contributed by atoms with van der Waals surface area (Å²) in [5.41, 5.74) is 2.47. The van der Waals surface area contributed by atoms with Crippen LogP contribution in [0.25, 0.3) is 0 Å². The van der Waals surface area contributed by atoms with E-state index in [2.05, 4.69) is 56.6 Å². The first kappa shape index (κ1) is 13.2. The Kier molecular flexibility index (Phi) is 4.84. The predicted octanol–water partition coefficient (Wildman–Crippen LogP) is 3.13. The Labute approximate surface area is 116 Å². The Hall–Kier alpha value is -1.26. The van der Waals surface area contributed by atoms with Crippen LogP contribution in [0.2, 0.25) is 0 Å². The molecular weight excluding hydrogens is 290 g/mol. The van der Waals surface area contributed by atoms with Gasteiger partial charge in [0.1, 0.15) is 0 Å². The number of benzene rings is 1. The number of likely N-dealkylation sites (N-methyl/N-ethyl adjacent to an activating group) is 1. The van der Waals surface area contributed by atoms with E-state index in [1.165, 1.54) is 11.1 Å². The smallest absolute Gasteiger partial charge is 0.0544 e. The Morgan fingerprint density at radius 3 is 2.83 bits per heavy atom. The largest absolute Gasteiger partial charge is 0.310 e. The SMILES string of the molecule is CCNC(Cc1cccc(Br)c1)c1ccnnc1. The first-order valence-corrected chi connectivity index (χ1v) is 6.83. The average molecular weight is 306 g/mol. The van der Waals surface area contributed by atoms with E-state index in [4.69, 9.17) is 0 Å². The van der Waals surface area contributed by atoms with Crippen LogP contribution in [-0.2, 0) is 6.42 Å². The average Bonchev–Trinajstić information content (AvgIpc) is 2.39. The van der Waals surface area contributed by atoms with Crippen molar-refractivity contribution in [1.82, 2.24) is 15.5 Å². The summed E-state index contributed by atoms with van der Waals surface area (Å²) in [5.74, 6) is 0. The zero-order valence-electron chi connectivity index (χ0n) is 10.3. The summed E-state index contributed by atoms with van der Waals surface area (Å²) in [6.45, 7) is 3.05. The molecule has 3 nitrogen and oxygen atoms in total. The molecule has 4 heteroatoms. The van der Waals surface area contributed by atoms with Gasteiger partial charge in [0, 0.05) is 16.7 Å². The lowest BCUT2D eigenvalue weighted by Crippen LogP contribution is -2.23. The van der Waals surface area contributed by atoms with Crippen LogP contribution in [0, 0.1) is 0 Å².